The van der Waals surface area contributed by atoms with E-state index in [2.05, 4.69) is 5.16 Å². The fraction of sp³-hybridized carbons (Fsp3) is 0.500. The number of carbonyl (C=O) groups is 1. The van der Waals surface area contributed by atoms with E-state index in [1.807, 2.05) is 49.9 Å². The predicted molar refractivity (Wildman–Crippen MR) is 127 cm³/mol. The number of nitrogens with zero attached hydrogens (tertiary/aromatic N) is 3. The van der Waals surface area contributed by atoms with Crippen LogP contribution in [0.15, 0.2) is 33.7 Å². The number of aryl methyl sites for hydroxylation is 1. The number of para-hydroxylation sites is 1. The number of hydrogen-bond donors (Lipinski definition) is 0. The molecule has 0 bridgehead atoms. The molecule has 0 N–H and O–H groups in total. The van der Waals surface area contributed by atoms with E-state index < -0.39 is 10.0 Å². The highest BCUT2D eigenvalue weighted by atomic mass is 32.2. The van der Waals surface area contributed by atoms with Crippen LogP contribution in [0, 0.1) is 12.8 Å². The second kappa shape index (κ2) is 11.0. The molecule has 1 amide bonds. The zero-order valence-electron chi connectivity index (χ0n) is 19.8. The Morgan fingerprint density at radius 2 is 1.85 bits per heavy atom. The molecule has 1 aliphatic rings. The van der Waals surface area contributed by atoms with Crippen molar-refractivity contribution in [3.05, 3.63) is 41.3 Å². The molecular weight excluding hydrogens is 442 g/mol. The van der Waals surface area contributed by atoms with E-state index in [0.29, 0.717) is 57.1 Å². The molecule has 9 heteroatoms. The molecule has 2 aromatic rings. The number of aromatic nitrogens is 1. The third-order valence-corrected chi connectivity index (χ3v) is 8.00. The summed E-state index contributed by atoms with van der Waals surface area (Å²) < 4.78 is 39.4. The Morgan fingerprint density at radius 3 is 2.48 bits per heavy atom. The molecule has 0 atom stereocenters. The second-order valence-electron chi connectivity index (χ2n) is 7.95. The topological polar surface area (TPSA) is 93.0 Å². The number of rotatable bonds is 9. The second-order valence-corrected chi connectivity index (χ2v) is 9.83. The van der Waals surface area contributed by atoms with Crippen LogP contribution in [0.1, 0.15) is 50.6 Å². The van der Waals surface area contributed by atoms with Gasteiger partial charge in [0.2, 0.25) is 15.9 Å². The number of carbonyl (C=O) groups excluding carboxylic acids is 1. The van der Waals surface area contributed by atoms with Crippen LogP contribution < -0.4 is 4.74 Å². The van der Waals surface area contributed by atoms with Gasteiger partial charge in [0.25, 0.3) is 0 Å². The molecular formula is C24H33N3O5S. The first-order chi connectivity index (χ1) is 15.8. The molecule has 0 aliphatic carbocycles. The van der Waals surface area contributed by atoms with E-state index in [9.17, 15) is 13.2 Å². The summed E-state index contributed by atoms with van der Waals surface area (Å²) >= 11 is 0. The van der Waals surface area contributed by atoms with Gasteiger partial charge in [-0.2, -0.15) is 4.31 Å². The van der Waals surface area contributed by atoms with Crippen LogP contribution in [0.2, 0.25) is 0 Å². The Bertz CT molecular complexity index is 1080. The lowest BCUT2D eigenvalue weighted by molar-refractivity contribution is -0.136. The first kappa shape index (κ1) is 25.0. The van der Waals surface area contributed by atoms with Crippen molar-refractivity contribution >= 4 is 28.1 Å². The molecule has 180 valence electrons. The average molecular weight is 476 g/mol. The summed E-state index contributed by atoms with van der Waals surface area (Å²) in [6.07, 6.45) is 4.39. The summed E-state index contributed by atoms with van der Waals surface area (Å²) in [5.41, 5.74) is 1.13. The van der Waals surface area contributed by atoms with E-state index in [1.54, 1.807) is 19.1 Å². The van der Waals surface area contributed by atoms with Gasteiger partial charge in [-0.15, -0.1) is 0 Å². The SMILES string of the molecule is CCOc1ccccc1/C=C/c1onc(C)c1S(=O)(=O)N1CCC(C(=O)N(CC)CC)CC1. The summed E-state index contributed by atoms with van der Waals surface area (Å²) in [6, 6.07) is 7.51. The molecule has 1 aromatic heterocycles. The number of ether oxygens (including phenoxy) is 1. The monoisotopic (exact) mass is 475 g/mol. The normalized spacial score (nSPS) is 15.8. The molecule has 0 spiro atoms. The van der Waals surface area contributed by atoms with Gasteiger partial charge in [0.05, 0.1) is 6.61 Å². The fourth-order valence-corrected chi connectivity index (χ4v) is 5.85. The van der Waals surface area contributed by atoms with Gasteiger partial charge in [-0.25, -0.2) is 8.42 Å². The van der Waals surface area contributed by atoms with E-state index in [0.717, 1.165) is 5.56 Å². The van der Waals surface area contributed by atoms with Crippen LogP contribution in [0.25, 0.3) is 12.2 Å². The summed E-state index contributed by atoms with van der Waals surface area (Å²) in [5.74, 6) is 0.848. The maximum atomic E-state index is 13.5. The smallest absolute Gasteiger partial charge is 0.248 e. The van der Waals surface area contributed by atoms with Crippen molar-refractivity contribution in [3.63, 3.8) is 0 Å². The summed E-state index contributed by atoms with van der Waals surface area (Å²) in [4.78, 5) is 14.5. The highest BCUT2D eigenvalue weighted by Crippen LogP contribution is 2.30. The Labute approximate surface area is 196 Å². The van der Waals surface area contributed by atoms with Gasteiger partial charge in [0, 0.05) is 37.7 Å². The quantitative estimate of drug-likeness (QED) is 0.547. The van der Waals surface area contributed by atoms with Crippen LogP contribution in [-0.4, -0.2) is 61.5 Å². The van der Waals surface area contributed by atoms with Crippen molar-refractivity contribution in [2.24, 2.45) is 5.92 Å². The van der Waals surface area contributed by atoms with Crippen LogP contribution in [-0.2, 0) is 14.8 Å². The minimum absolute atomic E-state index is 0.0705. The predicted octanol–water partition coefficient (Wildman–Crippen LogP) is 3.82. The van der Waals surface area contributed by atoms with E-state index in [4.69, 9.17) is 9.26 Å². The summed E-state index contributed by atoms with van der Waals surface area (Å²) in [5, 5.41) is 3.91. The summed E-state index contributed by atoms with van der Waals surface area (Å²) in [7, 11) is -3.82. The highest BCUT2D eigenvalue weighted by molar-refractivity contribution is 7.89. The van der Waals surface area contributed by atoms with Crippen LogP contribution in [0.4, 0.5) is 0 Å². The Balaban J connectivity index is 1.79. The largest absolute Gasteiger partial charge is 0.493 e. The third kappa shape index (κ3) is 5.47. The molecule has 33 heavy (non-hydrogen) atoms. The maximum Gasteiger partial charge on any atom is 0.248 e. The number of benzene rings is 1. The van der Waals surface area contributed by atoms with Gasteiger partial charge < -0.3 is 14.2 Å². The van der Waals surface area contributed by atoms with Crippen molar-refractivity contribution in [2.75, 3.05) is 32.8 Å². The van der Waals surface area contributed by atoms with Crippen LogP contribution in [0.5, 0.6) is 5.75 Å². The van der Waals surface area contributed by atoms with Crippen molar-refractivity contribution in [2.45, 2.75) is 45.4 Å². The zero-order chi connectivity index (χ0) is 24.0. The van der Waals surface area contributed by atoms with Crippen molar-refractivity contribution in [1.29, 1.82) is 0 Å². The van der Waals surface area contributed by atoms with E-state index >= 15 is 0 Å². The molecule has 1 fully saturated rings. The molecule has 3 rings (SSSR count). The minimum Gasteiger partial charge on any atom is -0.493 e. The number of hydrogen-bond acceptors (Lipinski definition) is 6. The van der Waals surface area contributed by atoms with Crippen LogP contribution >= 0.6 is 0 Å². The molecule has 1 aliphatic heterocycles. The first-order valence-electron chi connectivity index (χ1n) is 11.5. The van der Waals surface area contributed by atoms with Crippen LogP contribution in [0.3, 0.4) is 0 Å². The number of piperidine rings is 1. The van der Waals surface area contributed by atoms with Crippen molar-refractivity contribution in [1.82, 2.24) is 14.4 Å². The number of sulfonamides is 1. The molecule has 0 unspecified atom stereocenters. The van der Waals surface area contributed by atoms with Crippen molar-refractivity contribution in [3.8, 4) is 5.75 Å². The zero-order valence-corrected chi connectivity index (χ0v) is 20.6. The van der Waals surface area contributed by atoms with Gasteiger partial charge in [0.1, 0.15) is 11.4 Å². The first-order valence-corrected chi connectivity index (χ1v) is 12.9. The lowest BCUT2D eigenvalue weighted by atomic mass is 9.96. The fourth-order valence-electron chi connectivity index (χ4n) is 4.14. The molecule has 8 nitrogen and oxygen atoms in total. The third-order valence-electron chi connectivity index (χ3n) is 5.94. The number of amides is 1. The molecule has 2 heterocycles. The van der Waals surface area contributed by atoms with Crippen molar-refractivity contribution < 1.29 is 22.5 Å². The molecule has 1 aromatic carbocycles. The van der Waals surface area contributed by atoms with Gasteiger partial charge in [-0.3, -0.25) is 4.79 Å². The van der Waals surface area contributed by atoms with Gasteiger partial charge in [-0.05, 0) is 58.8 Å². The maximum absolute atomic E-state index is 13.5. The van der Waals surface area contributed by atoms with E-state index in [-0.39, 0.29) is 22.5 Å². The Morgan fingerprint density at radius 1 is 1.18 bits per heavy atom. The van der Waals surface area contributed by atoms with E-state index in [1.165, 1.54) is 4.31 Å². The standard InChI is InChI=1S/C24H33N3O5S/c1-5-26(6-2)24(28)20-14-16-27(17-15-20)33(29,30)23-18(4)25-32-22(23)13-12-19-10-8-9-11-21(19)31-7-3/h8-13,20H,5-7,14-17H2,1-4H3/b13-12+. The summed E-state index contributed by atoms with van der Waals surface area (Å²) in [6.45, 7) is 9.88. The average Bonchev–Trinajstić information content (AvgIpc) is 3.20. The highest BCUT2D eigenvalue weighted by Gasteiger charge is 2.36. The van der Waals surface area contributed by atoms with Gasteiger partial charge in [0.15, 0.2) is 10.7 Å². The molecule has 1 saturated heterocycles. The van der Waals surface area contributed by atoms with Gasteiger partial charge in [-0.1, -0.05) is 23.4 Å². The molecule has 0 radical (unpaired) electrons. The van der Waals surface area contributed by atoms with Gasteiger partial charge >= 0.3 is 0 Å². The lowest BCUT2D eigenvalue weighted by Crippen LogP contribution is -2.44. The lowest BCUT2D eigenvalue weighted by Gasteiger charge is -2.33. The minimum atomic E-state index is -3.82. The molecule has 0 saturated carbocycles. The Hall–Kier alpha value is -2.65. The Kier molecular flexibility index (Phi) is 8.31.